The maximum atomic E-state index is 12.2. The molecule has 5 N–H and O–H groups in total. The van der Waals surface area contributed by atoms with Gasteiger partial charge in [0.15, 0.2) is 0 Å². The van der Waals surface area contributed by atoms with E-state index in [1.807, 2.05) is 24.3 Å². The molecule has 0 aliphatic carbocycles. The van der Waals surface area contributed by atoms with Crippen LogP contribution < -0.4 is 20.9 Å². The fraction of sp³-hybridized carbons (Fsp3) is 0.333. The molecule has 0 saturated carbocycles. The van der Waals surface area contributed by atoms with Crippen LogP contribution in [0.1, 0.15) is 18.4 Å². The van der Waals surface area contributed by atoms with Gasteiger partial charge in [-0.2, -0.15) is 0 Å². The zero-order valence-corrected chi connectivity index (χ0v) is 24.1. The van der Waals surface area contributed by atoms with Gasteiger partial charge in [0, 0.05) is 45.4 Å². The lowest BCUT2D eigenvalue weighted by Gasteiger charge is -2.23. The summed E-state index contributed by atoms with van der Waals surface area (Å²) in [7, 11) is 0. The first-order chi connectivity index (χ1) is 17.7. The number of carbonyl (C=O) groups is 4. The van der Waals surface area contributed by atoms with E-state index in [2.05, 4.69) is 66.0 Å². The summed E-state index contributed by atoms with van der Waals surface area (Å²) in [4.78, 5) is 48.3. The van der Waals surface area contributed by atoms with Gasteiger partial charge in [-0.25, -0.2) is 14.4 Å². The van der Waals surface area contributed by atoms with Crippen LogP contribution in [0.3, 0.4) is 0 Å². The third kappa shape index (κ3) is 11.4. The van der Waals surface area contributed by atoms with Crippen molar-refractivity contribution in [2.75, 3.05) is 37.5 Å². The molecule has 0 bridgehead atoms. The molecule has 1 atom stereocenters. The van der Waals surface area contributed by atoms with Crippen LogP contribution in [0.2, 0.25) is 0 Å². The van der Waals surface area contributed by atoms with Crippen molar-refractivity contribution in [2.24, 2.45) is 0 Å². The molecule has 0 aliphatic rings. The average Bonchev–Trinajstić information content (AvgIpc) is 2.86. The third-order valence-corrected chi connectivity index (χ3v) is 5.98. The molecule has 0 fully saturated rings. The minimum atomic E-state index is -1.33. The van der Waals surface area contributed by atoms with Gasteiger partial charge in [0.25, 0.3) is 0 Å². The lowest BCUT2D eigenvalue weighted by molar-refractivity contribution is -0.140. The van der Waals surface area contributed by atoms with Gasteiger partial charge >= 0.3 is 24.1 Å². The summed E-state index contributed by atoms with van der Waals surface area (Å²) in [6.07, 6.45) is -1.23. The number of hydrogen-bond acceptors (Lipinski definition) is 6. The van der Waals surface area contributed by atoms with Crippen molar-refractivity contribution in [3.05, 3.63) is 54.1 Å². The molecule has 0 unspecified atom stereocenters. The molecule has 0 aliphatic heterocycles. The highest BCUT2D eigenvalue weighted by Crippen LogP contribution is 2.19. The SMILES string of the molecule is O=C(O)CC[C@H](NC(=O)Nc1ccc(COC(=O)Nc2ccc(N(CCI)CCI)cc2)cc1)C(=O)O. The highest BCUT2D eigenvalue weighted by molar-refractivity contribution is 14.1. The summed E-state index contributed by atoms with van der Waals surface area (Å²) in [6, 6.07) is 11.9. The number of ether oxygens (including phenoxy) is 1. The largest absolute Gasteiger partial charge is 0.481 e. The number of carbonyl (C=O) groups excluding carboxylic acids is 2. The molecule has 0 radical (unpaired) electrons. The number of rotatable bonds is 14. The second-order valence-electron chi connectivity index (χ2n) is 7.73. The summed E-state index contributed by atoms with van der Waals surface area (Å²) >= 11 is 4.70. The highest BCUT2D eigenvalue weighted by Gasteiger charge is 2.21. The van der Waals surface area contributed by atoms with E-state index in [1.165, 1.54) is 0 Å². The Morgan fingerprint density at radius 2 is 1.43 bits per heavy atom. The van der Waals surface area contributed by atoms with Crippen LogP contribution in [-0.2, 0) is 20.9 Å². The maximum Gasteiger partial charge on any atom is 0.411 e. The van der Waals surface area contributed by atoms with Gasteiger partial charge in [-0.15, -0.1) is 0 Å². The van der Waals surface area contributed by atoms with E-state index in [9.17, 15) is 19.2 Å². The minimum absolute atomic E-state index is 0.00572. The lowest BCUT2D eigenvalue weighted by Crippen LogP contribution is -2.43. The first-order valence-electron chi connectivity index (χ1n) is 11.2. The zero-order valence-electron chi connectivity index (χ0n) is 19.8. The zero-order chi connectivity index (χ0) is 27.2. The van der Waals surface area contributed by atoms with Crippen molar-refractivity contribution in [2.45, 2.75) is 25.5 Å². The van der Waals surface area contributed by atoms with E-state index < -0.39 is 30.1 Å². The Morgan fingerprint density at radius 1 is 0.865 bits per heavy atom. The van der Waals surface area contributed by atoms with Crippen LogP contribution in [0.15, 0.2) is 48.5 Å². The van der Waals surface area contributed by atoms with Crippen molar-refractivity contribution < 1.29 is 34.1 Å². The van der Waals surface area contributed by atoms with Gasteiger partial charge in [0.1, 0.15) is 12.6 Å². The van der Waals surface area contributed by atoms with Gasteiger partial charge < -0.3 is 30.5 Å². The smallest absolute Gasteiger partial charge is 0.411 e. The number of carboxylic acid groups (broad SMARTS) is 2. The van der Waals surface area contributed by atoms with E-state index in [0.29, 0.717) is 16.9 Å². The van der Waals surface area contributed by atoms with Gasteiger partial charge in [0.05, 0.1) is 0 Å². The van der Waals surface area contributed by atoms with Crippen LogP contribution >= 0.6 is 45.2 Å². The molecule has 11 nitrogen and oxygen atoms in total. The van der Waals surface area contributed by atoms with Crippen LogP contribution in [0.4, 0.5) is 26.7 Å². The van der Waals surface area contributed by atoms with Crippen molar-refractivity contribution in [1.82, 2.24) is 5.32 Å². The van der Waals surface area contributed by atoms with E-state index in [-0.39, 0.29) is 19.4 Å². The second kappa shape index (κ2) is 16.1. The molecule has 3 amide bonds. The van der Waals surface area contributed by atoms with Gasteiger partial charge in [-0.05, 0) is 48.4 Å². The standard InChI is InChI=1S/C24H28I2N4O7/c25-11-13-30(14-12-26)19-7-5-18(6-8-19)28-24(36)37-15-16-1-3-17(4-2-16)27-23(35)29-20(22(33)34)9-10-21(31)32/h1-8,20H,9-15H2,(H,28,36)(H,31,32)(H,33,34)(H2,27,29,35)/t20-/m0/s1. The Kier molecular flexibility index (Phi) is 13.2. The minimum Gasteiger partial charge on any atom is -0.481 e. The van der Waals surface area contributed by atoms with Crippen LogP contribution in [-0.4, -0.2) is 62.3 Å². The third-order valence-electron chi connectivity index (χ3n) is 5.02. The number of aliphatic carboxylic acids is 2. The van der Waals surface area contributed by atoms with E-state index in [1.54, 1.807) is 24.3 Å². The van der Waals surface area contributed by atoms with Crippen LogP contribution in [0.25, 0.3) is 0 Å². The molecule has 13 heteroatoms. The Balaban J connectivity index is 1.81. The predicted molar refractivity (Wildman–Crippen MR) is 157 cm³/mol. The number of hydrogen-bond donors (Lipinski definition) is 5. The predicted octanol–water partition coefficient (Wildman–Crippen LogP) is 4.55. The average molecular weight is 738 g/mol. The summed E-state index contributed by atoms with van der Waals surface area (Å²) in [5, 5.41) is 25.2. The molecular formula is C24H28I2N4O7. The number of halogens is 2. The van der Waals surface area contributed by atoms with E-state index in [0.717, 1.165) is 27.6 Å². The lowest BCUT2D eigenvalue weighted by atomic mass is 10.1. The molecule has 0 heterocycles. The quantitative estimate of drug-likeness (QED) is 0.140. The first-order valence-corrected chi connectivity index (χ1v) is 14.3. The number of benzene rings is 2. The fourth-order valence-electron chi connectivity index (χ4n) is 3.17. The Hall–Kier alpha value is -2.82. The molecule has 37 heavy (non-hydrogen) atoms. The summed E-state index contributed by atoms with van der Waals surface area (Å²) in [5.41, 5.74) is 2.77. The Morgan fingerprint density at radius 3 is 1.97 bits per heavy atom. The number of amides is 3. The van der Waals surface area contributed by atoms with Gasteiger partial charge in [0.2, 0.25) is 0 Å². The monoisotopic (exact) mass is 738 g/mol. The second-order valence-corrected chi connectivity index (χ2v) is 9.89. The van der Waals surface area contributed by atoms with Crippen LogP contribution in [0, 0.1) is 0 Å². The number of carboxylic acids is 2. The van der Waals surface area contributed by atoms with Gasteiger partial charge in [-0.1, -0.05) is 57.3 Å². The number of urea groups is 1. The number of nitrogens with zero attached hydrogens (tertiary/aromatic N) is 1. The van der Waals surface area contributed by atoms with Crippen molar-refractivity contribution in [1.29, 1.82) is 0 Å². The van der Waals surface area contributed by atoms with Gasteiger partial charge in [-0.3, -0.25) is 10.1 Å². The summed E-state index contributed by atoms with van der Waals surface area (Å²) in [6.45, 7) is 1.91. The van der Waals surface area contributed by atoms with E-state index in [4.69, 9.17) is 14.9 Å². The summed E-state index contributed by atoms with van der Waals surface area (Å²) < 4.78 is 7.29. The summed E-state index contributed by atoms with van der Waals surface area (Å²) in [5.74, 6) is -2.48. The number of alkyl halides is 2. The molecule has 2 rings (SSSR count). The topological polar surface area (TPSA) is 157 Å². The number of anilines is 3. The molecule has 0 aromatic heterocycles. The van der Waals surface area contributed by atoms with Crippen LogP contribution in [0.5, 0.6) is 0 Å². The van der Waals surface area contributed by atoms with Crippen molar-refractivity contribution in [3.63, 3.8) is 0 Å². The van der Waals surface area contributed by atoms with Crippen molar-refractivity contribution >= 4 is 86.3 Å². The fourth-order valence-corrected chi connectivity index (χ4v) is 4.33. The highest BCUT2D eigenvalue weighted by atomic mass is 127. The number of nitrogens with one attached hydrogen (secondary N) is 3. The maximum absolute atomic E-state index is 12.2. The Labute approximate surface area is 241 Å². The first kappa shape index (κ1) is 30.4. The van der Waals surface area contributed by atoms with E-state index >= 15 is 0 Å². The van der Waals surface area contributed by atoms with Crippen molar-refractivity contribution in [3.8, 4) is 0 Å². The molecule has 0 saturated heterocycles. The normalized spacial score (nSPS) is 11.2. The Bertz CT molecular complexity index is 1050. The molecule has 200 valence electrons. The molecule has 2 aromatic rings. The molecule has 2 aromatic carbocycles. The molecule has 0 spiro atoms. The molecular weight excluding hydrogens is 710 g/mol.